The monoisotopic (exact) mass is 474 g/mol. The Morgan fingerprint density at radius 3 is 2.51 bits per heavy atom. The minimum atomic E-state index is 0.259. The Hall–Kier alpha value is -3.18. The predicted octanol–water partition coefficient (Wildman–Crippen LogP) is 5.66. The first kappa shape index (κ1) is 24.9. The van der Waals surface area contributed by atoms with E-state index in [9.17, 15) is 5.11 Å². The Kier molecular flexibility index (Phi) is 8.19. The molecule has 0 saturated heterocycles. The van der Waals surface area contributed by atoms with Gasteiger partial charge >= 0.3 is 0 Å². The second-order valence-corrected chi connectivity index (χ2v) is 9.89. The first-order valence-electron chi connectivity index (χ1n) is 12.5. The molecule has 186 valence electrons. The number of phenols is 1. The summed E-state index contributed by atoms with van der Waals surface area (Å²) in [6.45, 7) is 3.82. The first-order valence-corrected chi connectivity index (χ1v) is 12.5. The summed E-state index contributed by atoms with van der Waals surface area (Å²) in [5, 5.41) is 13.6. The van der Waals surface area contributed by atoms with Crippen LogP contribution in [-0.2, 0) is 19.3 Å². The van der Waals surface area contributed by atoms with Gasteiger partial charge in [0.25, 0.3) is 0 Å². The second-order valence-electron chi connectivity index (χ2n) is 9.89. The summed E-state index contributed by atoms with van der Waals surface area (Å²) in [6, 6.07) is 20.9. The molecule has 4 rings (SSSR count). The third-order valence-corrected chi connectivity index (χ3v) is 6.79. The Morgan fingerprint density at radius 2 is 1.77 bits per heavy atom. The third-order valence-electron chi connectivity index (χ3n) is 6.79. The van der Waals surface area contributed by atoms with Gasteiger partial charge in [0.05, 0.1) is 7.11 Å². The minimum absolute atomic E-state index is 0.259. The van der Waals surface area contributed by atoms with E-state index in [0.717, 1.165) is 49.4 Å². The molecule has 3 aromatic carbocycles. The predicted molar refractivity (Wildman–Crippen MR) is 143 cm³/mol. The van der Waals surface area contributed by atoms with Crippen molar-refractivity contribution in [2.24, 2.45) is 0 Å². The number of fused-ring (bicyclic) bond motifs is 1. The highest BCUT2D eigenvalue weighted by atomic mass is 16.5. The van der Waals surface area contributed by atoms with Crippen LogP contribution in [0.5, 0.6) is 17.2 Å². The van der Waals surface area contributed by atoms with Gasteiger partial charge in [-0.05, 0) is 105 Å². The molecule has 1 aliphatic carbocycles. The molecule has 0 heterocycles. The molecule has 0 fully saturated rings. The molecule has 0 saturated carbocycles. The van der Waals surface area contributed by atoms with E-state index in [1.165, 1.54) is 22.3 Å². The molecule has 0 bridgehead atoms. The van der Waals surface area contributed by atoms with Crippen molar-refractivity contribution in [2.75, 3.05) is 39.7 Å². The van der Waals surface area contributed by atoms with Crippen molar-refractivity contribution in [2.45, 2.75) is 44.6 Å². The highest BCUT2D eigenvalue weighted by Gasteiger charge is 2.23. The molecule has 0 aromatic heterocycles. The summed E-state index contributed by atoms with van der Waals surface area (Å²) in [5.41, 5.74) is 6.36. The van der Waals surface area contributed by atoms with Crippen LogP contribution in [0.15, 0.2) is 60.7 Å². The zero-order valence-corrected chi connectivity index (χ0v) is 21.4. The average molecular weight is 475 g/mol. The van der Waals surface area contributed by atoms with E-state index in [0.29, 0.717) is 18.3 Å². The molecule has 0 amide bonds. The van der Waals surface area contributed by atoms with Gasteiger partial charge in [-0.3, -0.25) is 0 Å². The normalized spacial score (nSPS) is 16.0. The van der Waals surface area contributed by atoms with Gasteiger partial charge in [-0.1, -0.05) is 24.3 Å². The van der Waals surface area contributed by atoms with E-state index in [1.54, 1.807) is 13.2 Å². The summed E-state index contributed by atoms with van der Waals surface area (Å²) in [6.07, 6.45) is 3.96. The average Bonchev–Trinajstić information content (AvgIpc) is 2.84. The number of hydrogen-bond acceptors (Lipinski definition) is 5. The van der Waals surface area contributed by atoms with Crippen LogP contribution in [0.25, 0.3) is 0 Å². The zero-order valence-electron chi connectivity index (χ0n) is 21.4. The molecular formula is C30H38N2O3. The molecule has 1 aliphatic rings. The topological polar surface area (TPSA) is 54.0 Å². The maximum absolute atomic E-state index is 9.83. The Balaban J connectivity index is 1.43. The Bertz CT molecular complexity index is 1110. The van der Waals surface area contributed by atoms with E-state index in [-0.39, 0.29) is 6.04 Å². The fourth-order valence-corrected chi connectivity index (χ4v) is 4.89. The molecular weight excluding hydrogens is 436 g/mol. The van der Waals surface area contributed by atoms with Crippen LogP contribution < -0.4 is 14.8 Å². The number of nitrogens with one attached hydrogen (secondary N) is 1. The lowest BCUT2D eigenvalue weighted by atomic mass is 9.79. The quantitative estimate of drug-likeness (QED) is 0.397. The molecule has 0 spiro atoms. The van der Waals surface area contributed by atoms with Gasteiger partial charge in [0.2, 0.25) is 0 Å². The van der Waals surface area contributed by atoms with E-state index in [2.05, 4.69) is 65.7 Å². The largest absolute Gasteiger partial charge is 0.508 e. The lowest BCUT2D eigenvalue weighted by Gasteiger charge is -2.28. The molecule has 2 unspecified atom stereocenters. The molecule has 2 N–H and O–H groups in total. The van der Waals surface area contributed by atoms with Crippen molar-refractivity contribution in [3.8, 4) is 17.2 Å². The van der Waals surface area contributed by atoms with Crippen LogP contribution in [0.4, 0.5) is 5.69 Å². The number of aromatic hydroxyl groups is 1. The van der Waals surface area contributed by atoms with Crippen LogP contribution in [0.3, 0.4) is 0 Å². The van der Waals surface area contributed by atoms with Gasteiger partial charge in [0.1, 0.15) is 23.9 Å². The molecule has 0 aliphatic heterocycles. The van der Waals surface area contributed by atoms with Crippen molar-refractivity contribution >= 4 is 5.69 Å². The number of benzene rings is 3. The van der Waals surface area contributed by atoms with Crippen LogP contribution in [0.1, 0.15) is 41.5 Å². The number of anilines is 1. The summed E-state index contributed by atoms with van der Waals surface area (Å²) in [7, 11) is 5.81. The van der Waals surface area contributed by atoms with Crippen molar-refractivity contribution < 1.29 is 14.6 Å². The number of rotatable bonds is 10. The number of aryl methyl sites for hydroxylation is 1. The fraction of sp³-hybridized carbons (Fsp3) is 0.400. The highest BCUT2D eigenvalue weighted by molar-refractivity contribution is 5.58. The van der Waals surface area contributed by atoms with Crippen LogP contribution in [0, 0.1) is 0 Å². The van der Waals surface area contributed by atoms with Crippen LogP contribution in [0.2, 0.25) is 0 Å². The first-order chi connectivity index (χ1) is 16.9. The third kappa shape index (κ3) is 6.70. The van der Waals surface area contributed by atoms with Crippen molar-refractivity contribution in [3.63, 3.8) is 0 Å². The van der Waals surface area contributed by atoms with E-state index < -0.39 is 0 Å². The molecule has 5 nitrogen and oxygen atoms in total. The summed E-state index contributed by atoms with van der Waals surface area (Å²) < 4.78 is 11.4. The molecule has 35 heavy (non-hydrogen) atoms. The lowest BCUT2D eigenvalue weighted by molar-refractivity contribution is 0.261. The van der Waals surface area contributed by atoms with Crippen molar-refractivity contribution in [1.29, 1.82) is 0 Å². The molecule has 5 heteroatoms. The van der Waals surface area contributed by atoms with Gasteiger partial charge in [-0.15, -0.1) is 0 Å². The Labute approximate surface area is 209 Å². The van der Waals surface area contributed by atoms with Crippen LogP contribution >= 0.6 is 0 Å². The standard InChI is InChI=1S/C30H38N2O3/c1-21(17-22-5-11-27(12-6-22)35-16-15-32(2)3)31-30-20-28(34-4)13-14-29(30)25-8-7-24-19-26(33)10-9-23(24)18-25/h5-6,9-14,19-21,25,31,33H,7-8,15-18H2,1-4H3. The van der Waals surface area contributed by atoms with Gasteiger partial charge in [0.15, 0.2) is 0 Å². The SMILES string of the molecule is COc1ccc(C2CCc3cc(O)ccc3C2)c(NC(C)Cc2ccc(OCCN(C)C)cc2)c1. The molecule has 3 aromatic rings. The zero-order chi connectivity index (χ0) is 24.8. The minimum Gasteiger partial charge on any atom is -0.508 e. The lowest BCUT2D eigenvalue weighted by Crippen LogP contribution is -2.21. The van der Waals surface area contributed by atoms with E-state index in [1.807, 2.05) is 20.2 Å². The van der Waals surface area contributed by atoms with Gasteiger partial charge in [-0.2, -0.15) is 0 Å². The van der Waals surface area contributed by atoms with Gasteiger partial charge in [0, 0.05) is 24.3 Å². The number of nitrogens with zero attached hydrogens (tertiary/aromatic N) is 1. The van der Waals surface area contributed by atoms with Crippen molar-refractivity contribution in [1.82, 2.24) is 4.90 Å². The number of methoxy groups -OCH3 is 1. The van der Waals surface area contributed by atoms with E-state index in [4.69, 9.17) is 9.47 Å². The maximum Gasteiger partial charge on any atom is 0.120 e. The summed E-state index contributed by atoms with van der Waals surface area (Å²) in [5.74, 6) is 2.57. The van der Waals surface area contributed by atoms with Crippen LogP contribution in [-0.4, -0.2) is 50.4 Å². The number of ether oxygens (including phenoxy) is 2. The van der Waals surface area contributed by atoms with E-state index >= 15 is 0 Å². The smallest absolute Gasteiger partial charge is 0.120 e. The van der Waals surface area contributed by atoms with Gasteiger partial charge < -0.3 is 24.8 Å². The highest BCUT2D eigenvalue weighted by Crippen LogP contribution is 2.38. The molecule has 2 atom stereocenters. The summed E-state index contributed by atoms with van der Waals surface area (Å²) >= 11 is 0. The fourth-order valence-electron chi connectivity index (χ4n) is 4.89. The molecule has 0 radical (unpaired) electrons. The van der Waals surface area contributed by atoms with Crippen molar-refractivity contribution in [3.05, 3.63) is 82.9 Å². The van der Waals surface area contributed by atoms with Gasteiger partial charge in [-0.25, -0.2) is 0 Å². The number of hydrogen-bond donors (Lipinski definition) is 2. The Morgan fingerprint density at radius 1 is 1.00 bits per heavy atom. The number of phenolic OH excluding ortho intramolecular Hbond substituents is 1. The number of likely N-dealkylation sites (N-methyl/N-ethyl adjacent to an activating group) is 1. The summed E-state index contributed by atoms with van der Waals surface area (Å²) in [4.78, 5) is 2.12. The maximum atomic E-state index is 9.83. The second kappa shape index (κ2) is 11.5.